The molecular formula is C26H21N5O6. The van der Waals surface area contributed by atoms with Gasteiger partial charge in [-0.15, -0.1) is 0 Å². The van der Waals surface area contributed by atoms with Crippen molar-refractivity contribution >= 4 is 23.4 Å². The van der Waals surface area contributed by atoms with E-state index in [0.29, 0.717) is 0 Å². The van der Waals surface area contributed by atoms with E-state index in [1.807, 2.05) is 60.7 Å². The lowest BCUT2D eigenvalue weighted by atomic mass is 9.91. The minimum atomic E-state index is -0.724. The number of aromatic nitrogens is 2. The average molecular weight is 499 g/mol. The van der Waals surface area contributed by atoms with Crippen LogP contribution < -0.4 is 15.6 Å². The number of hydrogen-bond donors (Lipinski definition) is 2. The molecule has 186 valence electrons. The maximum absolute atomic E-state index is 13.2. The summed E-state index contributed by atoms with van der Waals surface area (Å²) in [6.07, 6.45) is 1.06. The molecule has 1 aromatic heterocycles. The van der Waals surface area contributed by atoms with Gasteiger partial charge in [0.05, 0.1) is 23.5 Å². The molecule has 0 unspecified atom stereocenters. The van der Waals surface area contributed by atoms with Gasteiger partial charge in [0.25, 0.3) is 0 Å². The van der Waals surface area contributed by atoms with Gasteiger partial charge in [0.2, 0.25) is 11.7 Å². The summed E-state index contributed by atoms with van der Waals surface area (Å²) in [5.41, 5.74) is 6.23. The van der Waals surface area contributed by atoms with E-state index in [9.17, 15) is 19.7 Å². The summed E-state index contributed by atoms with van der Waals surface area (Å²) >= 11 is 0. The van der Waals surface area contributed by atoms with E-state index in [-0.39, 0.29) is 23.0 Å². The average Bonchev–Trinajstić information content (AvgIpc) is 2.93. The van der Waals surface area contributed by atoms with E-state index in [4.69, 9.17) is 4.74 Å². The van der Waals surface area contributed by atoms with Crippen molar-refractivity contribution < 1.29 is 24.0 Å². The molecule has 1 amide bonds. The Hall–Kier alpha value is -5.32. The summed E-state index contributed by atoms with van der Waals surface area (Å²) in [7, 11) is 1.26. The predicted octanol–water partition coefficient (Wildman–Crippen LogP) is 4.24. The van der Waals surface area contributed by atoms with Gasteiger partial charge in [0.15, 0.2) is 0 Å². The molecule has 4 rings (SSSR count). The second-order valence-corrected chi connectivity index (χ2v) is 7.62. The molecule has 11 heteroatoms. The lowest BCUT2D eigenvalue weighted by Crippen LogP contribution is -2.35. The highest BCUT2D eigenvalue weighted by atomic mass is 16.6. The summed E-state index contributed by atoms with van der Waals surface area (Å²) in [5, 5.41) is 11.9. The fourth-order valence-electron chi connectivity index (χ4n) is 3.56. The van der Waals surface area contributed by atoms with Gasteiger partial charge in [-0.1, -0.05) is 60.7 Å². The first-order chi connectivity index (χ1) is 18.0. The topological polar surface area (TPSA) is 146 Å². The fraction of sp³-hybridized carbons (Fsp3) is 0.0769. The van der Waals surface area contributed by atoms with Crippen molar-refractivity contribution in [3.8, 4) is 11.6 Å². The Morgan fingerprint density at radius 2 is 1.49 bits per heavy atom. The second-order valence-electron chi connectivity index (χ2n) is 7.62. The van der Waals surface area contributed by atoms with Gasteiger partial charge in [-0.3, -0.25) is 25.8 Å². The number of amides is 1. The van der Waals surface area contributed by atoms with Crippen molar-refractivity contribution in [3.05, 3.63) is 118 Å². The maximum Gasteiger partial charge on any atom is 0.374 e. The van der Waals surface area contributed by atoms with Crippen molar-refractivity contribution in [1.29, 1.82) is 0 Å². The van der Waals surface area contributed by atoms with Gasteiger partial charge in [0.1, 0.15) is 12.1 Å². The molecule has 0 bridgehead atoms. The number of carbonyl (C=O) groups is 2. The molecule has 0 aliphatic carbocycles. The maximum atomic E-state index is 13.2. The number of rotatable bonds is 9. The third-order valence-electron chi connectivity index (χ3n) is 5.29. The molecule has 0 atom stereocenters. The first kappa shape index (κ1) is 24.8. The summed E-state index contributed by atoms with van der Waals surface area (Å²) in [6, 6.07) is 24.0. The van der Waals surface area contributed by atoms with Crippen LogP contribution in [0.5, 0.6) is 11.6 Å². The quantitative estimate of drug-likeness (QED) is 0.196. The summed E-state index contributed by atoms with van der Waals surface area (Å²) in [4.78, 5) is 43.8. The summed E-state index contributed by atoms with van der Waals surface area (Å²) in [6.45, 7) is 0. The molecule has 2 N–H and O–H groups in total. The van der Waals surface area contributed by atoms with Crippen molar-refractivity contribution in [1.82, 2.24) is 15.4 Å². The Labute approximate surface area is 211 Å². The van der Waals surface area contributed by atoms with Crippen LogP contribution in [0, 0.1) is 10.1 Å². The third kappa shape index (κ3) is 5.85. The molecule has 0 aliphatic rings. The van der Waals surface area contributed by atoms with Gasteiger partial charge in [-0.25, -0.2) is 9.78 Å². The third-order valence-corrected chi connectivity index (χ3v) is 5.29. The normalized spacial score (nSPS) is 10.4. The Bertz CT molecular complexity index is 1360. The van der Waals surface area contributed by atoms with E-state index in [1.165, 1.54) is 31.4 Å². The number of nitrogens with one attached hydrogen (secondary N) is 2. The minimum absolute atomic E-state index is 0.192. The number of carbonyl (C=O) groups excluding carboxylic acids is 2. The molecule has 0 saturated carbocycles. The Balaban J connectivity index is 1.56. The zero-order chi connectivity index (χ0) is 26.2. The van der Waals surface area contributed by atoms with Crippen molar-refractivity contribution in [2.75, 3.05) is 12.5 Å². The van der Waals surface area contributed by atoms with Crippen molar-refractivity contribution in [2.24, 2.45) is 0 Å². The monoisotopic (exact) mass is 499 g/mol. The number of benzene rings is 3. The molecule has 11 nitrogen and oxygen atoms in total. The molecule has 0 aliphatic heterocycles. The smallest absolute Gasteiger partial charge is 0.374 e. The number of esters is 1. The number of ether oxygens (including phenoxy) is 2. The van der Waals surface area contributed by atoms with Crippen molar-refractivity contribution in [2.45, 2.75) is 5.92 Å². The standard InChI is InChI=1S/C26H21N5O6/c1-36-26(33)19-12-14-20(15-13-19)37-25-22(31(34)35)23(27-16-28-25)29-30-24(32)21(17-8-4-2-5-9-17)18-10-6-3-7-11-18/h2-16,21H,1H3,(H,30,32)(H,27,28,29). The van der Waals surface area contributed by atoms with Gasteiger partial charge in [0, 0.05) is 0 Å². The number of anilines is 1. The van der Waals surface area contributed by atoms with E-state index >= 15 is 0 Å². The van der Waals surface area contributed by atoms with Gasteiger partial charge in [-0.2, -0.15) is 4.98 Å². The molecule has 4 aromatic rings. The number of hydrogen-bond acceptors (Lipinski definition) is 9. The van der Waals surface area contributed by atoms with E-state index in [0.717, 1.165) is 17.5 Å². The van der Waals surface area contributed by atoms with Crippen LogP contribution in [-0.2, 0) is 9.53 Å². The molecule has 0 spiro atoms. The zero-order valence-corrected chi connectivity index (χ0v) is 19.5. The fourth-order valence-corrected chi connectivity index (χ4v) is 3.56. The van der Waals surface area contributed by atoms with E-state index in [1.54, 1.807) is 0 Å². The van der Waals surface area contributed by atoms with Crippen LogP contribution in [0.1, 0.15) is 27.4 Å². The number of methoxy groups -OCH3 is 1. The highest BCUT2D eigenvalue weighted by Crippen LogP contribution is 2.34. The molecule has 3 aromatic carbocycles. The zero-order valence-electron chi connectivity index (χ0n) is 19.5. The lowest BCUT2D eigenvalue weighted by Gasteiger charge is -2.18. The van der Waals surface area contributed by atoms with Gasteiger partial charge < -0.3 is 9.47 Å². The van der Waals surface area contributed by atoms with Crippen LogP contribution in [0.15, 0.2) is 91.3 Å². The SMILES string of the molecule is COC(=O)c1ccc(Oc2ncnc(NNC(=O)C(c3ccccc3)c3ccccc3)c2[N+](=O)[O-])cc1. The van der Waals surface area contributed by atoms with Crippen LogP contribution in [-0.4, -0.2) is 33.9 Å². The Morgan fingerprint density at radius 3 is 2.03 bits per heavy atom. The lowest BCUT2D eigenvalue weighted by molar-refractivity contribution is -0.385. The van der Waals surface area contributed by atoms with Crippen LogP contribution >= 0.6 is 0 Å². The molecule has 0 saturated heterocycles. The van der Waals surface area contributed by atoms with Gasteiger partial charge in [-0.05, 0) is 35.4 Å². The first-order valence-electron chi connectivity index (χ1n) is 11.0. The Morgan fingerprint density at radius 1 is 0.892 bits per heavy atom. The summed E-state index contributed by atoms with van der Waals surface area (Å²) < 4.78 is 10.2. The second kappa shape index (κ2) is 11.4. The predicted molar refractivity (Wildman–Crippen MR) is 133 cm³/mol. The molecule has 0 radical (unpaired) electrons. The van der Waals surface area contributed by atoms with Crippen LogP contribution in [0.2, 0.25) is 0 Å². The number of nitrogens with zero attached hydrogens (tertiary/aromatic N) is 3. The number of nitro groups is 1. The largest absolute Gasteiger partial charge is 0.465 e. The highest BCUT2D eigenvalue weighted by molar-refractivity contribution is 5.89. The summed E-state index contributed by atoms with van der Waals surface area (Å²) in [5.74, 6) is -2.10. The molecule has 37 heavy (non-hydrogen) atoms. The highest BCUT2D eigenvalue weighted by Gasteiger charge is 2.27. The van der Waals surface area contributed by atoms with Crippen LogP contribution in [0.3, 0.4) is 0 Å². The Kier molecular flexibility index (Phi) is 7.64. The van der Waals surface area contributed by atoms with E-state index < -0.39 is 28.4 Å². The molecule has 1 heterocycles. The van der Waals surface area contributed by atoms with Crippen LogP contribution in [0.25, 0.3) is 0 Å². The minimum Gasteiger partial charge on any atom is -0.465 e. The van der Waals surface area contributed by atoms with Crippen LogP contribution in [0.4, 0.5) is 11.5 Å². The first-order valence-corrected chi connectivity index (χ1v) is 11.0. The molecular weight excluding hydrogens is 478 g/mol. The van der Waals surface area contributed by atoms with Crippen molar-refractivity contribution in [3.63, 3.8) is 0 Å². The van der Waals surface area contributed by atoms with Gasteiger partial charge >= 0.3 is 17.5 Å². The van der Waals surface area contributed by atoms with E-state index in [2.05, 4.69) is 25.6 Å². The number of hydrazine groups is 1. The molecule has 0 fully saturated rings.